The topological polar surface area (TPSA) is 60.9 Å². The van der Waals surface area contributed by atoms with Gasteiger partial charge in [-0.1, -0.05) is 13.8 Å². The van der Waals surface area contributed by atoms with Crippen molar-refractivity contribution in [3.8, 4) is 0 Å². The molecule has 4 heterocycles. The smallest absolute Gasteiger partial charge is 0.269 e. The van der Waals surface area contributed by atoms with Gasteiger partial charge in [0.05, 0.1) is 11.9 Å². The monoisotopic (exact) mass is 408 g/mol. The van der Waals surface area contributed by atoms with Crippen LogP contribution in [0.15, 0.2) is 12.4 Å². The maximum atomic E-state index is 12.9. The normalized spacial score (nSPS) is 13.7. The first-order valence-corrected chi connectivity index (χ1v) is 9.75. The second-order valence-corrected chi connectivity index (χ2v) is 8.11. The molecule has 0 N–H and O–H groups in total. The van der Waals surface area contributed by atoms with E-state index in [1.54, 1.807) is 29.1 Å². The standard InChI is InChI=1S/C18H19F3N6S/c1-5-12-11(4)28-17-14(12)16-23-15(25-27(16)8-22-17)9(2)7-26-10(3)6-13(24-26)18(19,20)21/h6,8-9H,5,7H2,1-4H3/t9-/m0/s1. The molecule has 0 saturated carbocycles. The molecular weight excluding hydrogens is 389 g/mol. The number of aromatic nitrogens is 6. The van der Waals surface area contributed by atoms with Crippen molar-refractivity contribution in [2.75, 3.05) is 0 Å². The SMILES string of the molecule is CCc1c(C)sc2ncn3nc([C@@H](C)Cn4nc(C(F)(F)F)cc4C)nc3c12. The molecule has 4 aromatic heterocycles. The number of thiophene rings is 1. The fourth-order valence-corrected chi connectivity index (χ4v) is 4.47. The zero-order valence-electron chi connectivity index (χ0n) is 15.9. The minimum absolute atomic E-state index is 0.209. The van der Waals surface area contributed by atoms with Crippen LogP contribution in [0.3, 0.4) is 0 Å². The van der Waals surface area contributed by atoms with Gasteiger partial charge >= 0.3 is 6.18 Å². The minimum Gasteiger partial charge on any atom is -0.269 e. The molecule has 0 unspecified atom stereocenters. The lowest BCUT2D eigenvalue weighted by molar-refractivity contribution is -0.141. The van der Waals surface area contributed by atoms with Crippen LogP contribution in [-0.2, 0) is 19.1 Å². The number of alkyl halides is 3. The Morgan fingerprint density at radius 1 is 1.21 bits per heavy atom. The first-order valence-electron chi connectivity index (χ1n) is 8.94. The van der Waals surface area contributed by atoms with E-state index in [4.69, 9.17) is 4.98 Å². The summed E-state index contributed by atoms with van der Waals surface area (Å²) in [6.45, 7) is 7.92. The predicted molar refractivity (Wildman–Crippen MR) is 101 cm³/mol. The quantitative estimate of drug-likeness (QED) is 0.498. The first kappa shape index (κ1) is 18.9. The first-order chi connectivity index (χ1) is 13.2. The third kappa shape index (κ3) is 3.05. The molecule has 0 radical (unpaired) electrons. The molecule has 4 aromatic rings. The maximum Gasteiger partial charge on any atom is 0.435 e. The predicted octanol–water partition coefficient (Wildman–Crippen LogP) is 4.54. The molecule has 0 amide bonds. The lowest BCUT2D eigenvalue weighted by Gasteiger charge is -2.09. The number of rotatable bonds is 4. The summed E-state index contributed by atoms with van der Waals surface area (Å²) < 4.78 is 41.7. The summed E-state index contributed by atoms with van der Waals surface area (Å²) in [6, 6.07) is 1.05. The Morgan fingerprint density at radius 3 is 2.61 bits per heavy atom. The zero-order valence-corrected chi connectivity index (χ0v) is 16.7. The molecule has 0 aliphatic heterocycles. The molecule has 0 fully saturated rings. The number of aryl methyl sites for hydroxylation is 3. The van der Waals surface area contributed by atoms with Crippen LogP contribution in [0, 0.1) is 13.8 Å². The summed E-state index contributed by atoms with van der Waals surface area (Å²) in [4.78, 5) is 11.3. The van der Waals surface area contributed by atoms with Gasteiger partial charge in [0.2, 0.25) is 0 Å². The fourth-order valence-electron chi connectivity index (χ4n) is 3.39. The van der Waals surface area contributed by atoms with Crippen LogP contribution >= 0.6 is 11.3 Å². The highest BCUT2D eigenvalue weighted by atomic mass is 32.1. The molecule has 0 saturated heterocycles. The van der Waals surface area contributed by atoms with E-state index in [1.165, 1.54) is 15.1 Å². The van der Waals surface area contributed by atoms with Crippen molar-refractivity contribution in [1.82, 2.24) is 29.4 Å². The highest BCUT2D eigenvalue weighted by Crippen LogP contribution is 2.33. The van der Waals surface area contributed by atoms with Crippen molar-refractivity contribution in [2.45, 2.75) is 52.8 Å². The summed E-state index contributed by atoms with van der Waals surface area (Å²) in [5, 5.41) is 9.22. The van der Waals surface area contributed by atoms with Crippen molar-refractivity contribution < 1.29 is 13.2 Å². The van der Waals surface area contributed by atoms with Crippen molar-refractivity contribution >= 4 is 27.2 Å². The van der Waals surface area contributed by atoms with Crippen LogP contribution in [-0.4, -0.2) is 29.4 Å². The maximum absolute atomic E-state index is 12.9. The molecule has 0 bridgehead atoms. The lowest BCUT2D eigenvalue weighted by Crippen LogP contribution is -2.12. The molecule has 0 spiro atoms. The third-order valence-corrected chi connectivity index (χ3v) is 5.91. The van der Waals surface area contributed by atoms with Crippen molar-refractivity contribution in [3.63, 3.8) is 0 Å². The van der Waals surface area contributed by atoms with E-state index in [0.29, 0.717) is 11.5 Å². The van der Waals surface area contributed by atoms with Gasteiger partial charge in [-0.2, -0.15) is 18.3 Å². The van der Waals surface area contributed by atoms with E-state index >= 15 is 0 Å². The number of hydrogen-bond acceptors (Lipinski definition) is 5. The Kier molecular flexibility index (Phi) is 4.40. The van der Waals surface area contributed by atoms with Crippen molar-refractivity contribution in [1.29, 1.82) is 0 Å². The Bertz CT molecular complexity index is 1170. The van der Waals surface area contributed by atoms with Crippen LogP contribution < -0.4 is 0 Å². The molecular formula is C18H19F3N6S. The van der Waals surface area contributed by atoms with Gasteiger partial charge in [0.25, 0.3) is 0 Å². The summed E-state index contributed by atoms with van der Waals surface area (Å²) in [5.74, 6) is 0.350. The van der Waals surface area contributed by atoms with Gasteiger partial charge in [-0.25, -0.2) is 14.5 Å². The lowest BCUT2D eigenvalue weighted by atomic mass is 10.1. The molecule has 4 rings (SSSR count). The van der Waals surface area contributed by atoms with E-state index in [0.717, 1.165) is 28.4 Å². The molecule has 148 valence electrons. The average Bonchev–Trinajstić information content (AvgIpc) is 3.28. The highest BCUT2D eigenvalue weighted by molar-refractivity contribution is 7.18. The Morgan fingerprint density at radius 2 is 1.96 bits per heavy atom. The third-order valence-electron chi connectivity index (χ3n) is 4.86. The second kappa shape index (κ2) is 6.54. The molecule has 0 aliphatic rings. The van der Waals surface area contributed by atoms with Crippen LogP contribution in [0.25, 0.3) is 15.9 Å². The summed E-state index contributed by atoms with van der Waals surface area (Å²) >= 11 is 1.63. The number of nitrogens with zero attached hydrogens (tertiary/aromatic N) is 6. The number of hydrogen-bond donors (Lipinski definition) is 0. The average molecular weight is 408 g/mol. The van der Waals surface area contributed by atoms with E-state index in [9.17, 15) is 13.2 Å². The van der Waals surface area contributed by atoms with Crippen LogP contribution in [0.2, 0.25) is 0 Å². The molecule has 1 atom stereocenters. The Labute approximate surface area is 163 Å². The molecule has 6 nitrogen and oxygen atoms in total. The fraction of sp³-hybridized carbons (Fsp3) is 0.444. The van der Waals surface area contributed by atoms with Gasteiger partial charge in [-0.3, -0.25) is 4.68 Å². The Hall–Kier alpha value is -2.49. The molecule has 10 heteroatoms. The largest absolute Gasteiger partial charge is 0.435 e. The molecule has 0 aliphatic carbocycles. The van der Waals surface area contributed by atoms with Gasteiger partial charge < -0.3 is 0 Å². The van der Waals surface area contributed by atoms with Crippen molar-refractivity contribution in [3.05, 3.63) is 40.0 Å². The van der Waals surface area contributed by atoms with Gasteiger partial charge in [0.15, 0.2) is 17.2 Å². The molecule has 0 aromatic carbocycles. The van der Waals surface area contributed by atoms with Gasteiger partial charge in [0.1, 0.15) is 11.2 Å². The molecule has 28 heavy (non-hydrogen) atoms. The number of halogens is 3. The van der Waals surface area contributed by atoms with Crippen LogP contribution in [0.4, 0.5) is 13.2 Å². The Balaban J connectivity index is 1.71. The summed E-state index contributed by atoms with van der Waals surface area (Å²) in [6.07, 6.45) is -1.94. The van der Waals surface area contributed by atoms with Gasteiger partial charge in [0, 0.05) is 16.5 Å². The highest BCUT2D eigenvalue weighted by Gasteiger charge is 2.34. The number of fused-ring (bicyclic) bond motifs is 3. The van der Waals surface area contributed by atoms with Gasteiger partial charge in [-0.15, -0.1) is 16.4 Å². The summed E-state index contributed by atoms with van der Waals surface area (Å²) in [7, 11) is 0. The minimum atomic E-state index is -4.45. The second-order valence-electron chi connectivity index (χ2n) is 6.91. The van der Waals surface area contributed by atoms with Crippen LogP contribution in [0.5, 0.6) is 0 Å². The van der Waals surface area contributed by atoms with Crippen molar-refractivity contribution in [2.24, 2.45) is 0 Å². The van der Waals surface area contributed by atoms with E-state index in [-0.39, 0.29) is 12.5 Å². The summed E-state index contributed by atoms with van der Waals surface area (Å²) in [5.41, 5.74) is 1.52. The van der Waals surface area contributed by atoms with E-state index in [2.05, 4.69) is 29.0 Å². The van der Waals surface area contributed by atoms with E-state index < -0.39 is 11.9 Å². The van der Waals surface area contributed by atoms with Crippen LogP contribution in [0.1, 0.15) is 47.4 Å². The zero-order chi connectivity index (χ0) is 20.2. The van der Waals surface area contributed by atoms with E-state index in [1.807, 2.05) is 6.92 Å². The van der Waals surface area contributed by atoms with Gasteiger partial charge in [-0.05, 0) is 31.9 Å².